The average Bonchev–Trinajstić information content (AvgIpc) is 2.65. The highest BCUT2D eigenvalue weighted by atomic mass is 16.3. The number of aliphatic hydroxyl groups is 1. The normalized spacial score (nSPS) is 23.2. The molecule has 0 spiro atoms. The van der Waals surface area contributed by atoms with E-state index in [1.54, 1.807) is 0 Å². The van der Waals surface area contributed by atoms with Gasteiger partial charge in [-0.25, -0.2) is 0 Å². The first-order chi connectivity index (χ1) is 8.99. The molecule has 0 heterocycles. The predicted molar refractivity (Wildman–Crippen MR) is 74.5 cm³/mol. The van der Waals surface area contributed by atoms with Crippen molar-refractivity contribution in [3.05, 3.63) is 35.4 Å². The average molecular weight is 262 g/mol. The molecule has 4 heteroatoms. The number of aliphatic hydroxyl groups excluding tert-OH is 1. The van der Waals surface area contributed by atoms with Gasteiger partial charge in [-0.2, -0.15) is 0 Å². The van der Waals surface area contributed by atoms with Gasteiger partial charge in [0.2, 0.25) is 5.91 Å². The van der Waals surface area contributed by atoms with Crippen molar-refractivity contribution in [2.24, 2.45) is 11.7 Å². The number of rotatable bonds is 4. The Morgan fingerprint density at radius 3 is 2.84 bits per heavy atom. The van der Waals surface area contributed by atoms with E-state index in [0.717, 1.165) is 11.1 Å². The highest BCUT2D eigenvalue weighted by molar-refractivity contribution is 5.82. The molecule has 1 amide bonds. The summed E-state index contributed by atoms with van der Waals surface area (Å²) in [7, 11) is 0. The molecule has 0 aliphatic heterocycles. The Labute approximate surface area is 114 Å². The van der Waals surface area contributed by atoms with E-state index in [0.29, 0.717) is 18.8 Å². The third kappa shape index (κ3) is 3.14. The zero-order valence-electron chi connectivity index (χ0n) is 11.5. The van der Waals surface area contributed by atoms with E-state index in [4.69, 9.17) is 5.73 Å². The van der Waals surface area contributed by atoms with Gasteiger partial charge >= 0.3 is 0 Å². The van der Waals surface area contributed by atoms with Crippen LogP contribution in [0, 0.1) is 5.92 Å². The van der Waals surface area contributed by atoms with Crippen LogP contribution in [0.25, 0.3) is 0 Å². The third-order valence-electron chi connectivity index (χ3n) is 3.56. The maximum Gasteiger partial charge on any atom is 0.237 e. The lowest BCUT2D eigenvalue weighted by atomic mass is 10.0. The summed E-state index contributed by atoms with van der Waals surface area (Å²) in [5, 5.41) is 12.9. The van der Waals surface area contributed by atoms with Crippen LogP contribution < -0.4 is 11.1 Å². The second kappa shape index (κ2) is 5.72. The van der Waals surface area contributed by atoms with E-state index in [9.17, 15) is 9.90 Å². The zero-order valence-corrected chi connectivity index (χ0v) is 11.5. The topological polar surface area (TPSA) is 75.4 Å². The summed E-state index contributed by atoms with van der Waals surface area (Å²) in [6, 6.07) is 6.95. The van der Waals surface area contributed by atoms with Crippen molar-refractivity contribution in [3.8, 4) is 0 Å². The lowest BCUT2D eigenvalue weighted by Crippen LogP contribution is -2.44. The molecule has 1 aromatic carbocycles. The lowest BCUT2D eigenvalue weighted by Gasteiger charge is -2.21. The van der Waals surface area contributed by atoms with E-state index < -0.39 is 12.1 Å². The first-order valence-corrected chi connectivity index (χ1v) is 6.81. The van der Waals surface area contributed by atoms with E-state index in [2.05, 4.69) is 5.32 Å². The van der Waals surface area contributed by atoms with E-state index in [1.807, 2.05) is 38.1 Å². The second-order valence-corrected chi connectivity index (χ2v) is 5.69. The predicted octanol–water partition coefficient (Wildman–Crippen LogP) is 1.13. The molecule has 0 unspecified atom stereocenters. The van der Waals surface area contributed by atoms with Gasteiger partial charge in [0.15, 0.2) is 0 Å². The number of nitrogens with two attached hydrogens (primary N) is 1. The van der Waals surface area contributed by atoms with Gasteiger partial charge in [-0.1, -0.05) is 38.1 Å². The van der Waals surface area contributed by atoms with Gasteiger partial charge < -0.3 is 16.2 Å². The van der Waals surface area contributed by atoms with Crippen molar-refractivity contribution in [3.63, 3.8) is 0 Å². The van der Waals surface area contributed by atoms with Gasteiger partial charge in [0.25, 0.3) is 0 Å². The molecular formula is C15H22N2O2. The van der Waals surface area contributed by atoms with E-state index in [1.165, 1.54) is 0 Å². The van der Waals surface area contributed by atoms with Crippen molar-refractivity contribution in [2.75, 3.05) is 0 Å². The minimum atomic E-state index is -0.562. The molecule has 2 rings (SSSR count). The number of benzene rings is 1. The molecule has 104 valence electrons. The lowest BCUT2D eigenvalue weighted by molar-refractivity contribution is -0.124. The number of nitrogens with one attached hydrogen (secondary N) is 1. The standard InChI is InChI=1S/C15H22N2O2/c1-9(2)7-12(16)15(19)17-14-11-6-4-3-5-10(11)8-13(14)18/h3-6,9,12-14,18H,7-8,16H2,1-2H3,(H,17,19)/t12-,13+,14-/m0/s1. The Kier molecular flexibility index (Phi) is 4.22. The molecule has 0 radical (unpaired) electrons. The molecule has 3 atom stereocenters. The number of hydrogen-bond acceptors (Lipinski definition) is 3. The summed E-state index contributed by atoms with van der Waals surface area (Å²) in [6.07, 6.45) is 0.671. The fourth-order valence-electron chi connectivity index (χ4n) is 2.62. The quantitative estimate of drug-likeness (QED) is 0.761. The fraction of sp³-hybridized carbons (Fsp3) is 0.533. The summed E-state index contributed by atoms with van der Waals surface area (Å²) in [5.74, 6) is 0.191. The Bertz CT molecular complexity index is 459. The number of hydrogen-bond donors (Lipinski definition) is 3. The van der Waals surface area contributed by atoms with Crippen molar-refractivity contribution in [2.45, 2.75) is 44.9 Å². The maximum absolute atomic E-state index is 12.0. The summed E-state index contributed by atoms with van der Waals surface area (Å²) in [5.41, 5.74) is 7.96. The summed E-state index contributed by atoms with van der Waals surface area (Å²) >= 11 is 0. The van der Waals surface area contributed by atoms with Crippen molar-refractivity contribution in [1.82, 2.24) is 5.32 Å². The minimum absolute atomic E-state index is 0.186. The molecule has 1 aromatic rings. The van der Waals surface area contributed by atoms with Crippen LogP contribution in [-0.2, 0) is 11.2 Å². The van der Waals surface area contributed by atoms with Crippen LogP contribution >= 0.6 is 0 Å². The fourth-order valence-corrected chi connectivity index (χ4v) is 2.62. The molecular weight excluding hydrogens is 240 g/mol. The van der Waals surface area contributed by atoms with Gasteiger partial charge in [0.05, 0.1) is 18.2 Å². The van der Waals surface area contributed by atoms with E-state index in [-0.39, 0.29) is 11.9 Å². The van der Waals surface area contributed by atoms with Crippen LogP contribution in [0.2, 0.25) is 0 Å². The molecule has 1 aliphatic rings. The Balaban J connectivity index is 2.05. The third-order valence-corrected chi connectivity index (χ3v) is 3.56. The Morgan fingerprint density at radius 2 is 2.16 bits per heavy atom. The van der Waals surface area contributed by atoms with Gasteiger partial charge in [-0.05, 0) is 23.5 Å². The van der Waals surface area contributed by atoms with Gasteiger partial charge in [0.1, 0.15) is 0 Å². The first kappa shape index (κ1) is 14.0. The minimum Gasteiger partial charge on any atom is -0.390 e. The number of amides is 1. The second-order valence-electron chi connectivity index (χ2n) is 5.69. The van der Waals surface area contributed by atoms with Crippen molar-refractivity contribution >= 4 is 5.91 Å². The highest BCUT2D eigenvalue weighted by Crippen LogP contribution is 2.31. The summed E-state index contributed by atoms with van der Waals surface area (Å²) in [4.78, 5) is 12.0. The molecule has 4 N–H and O–H groups in total. The molecule has 19 heavy (non-hydrogen) atoms. The van der Waals surface area contributed by atoms with Crippen LogP contribution in [0.5, 0.6) is 0 Å². The Morgan fingerprint density at radius 1 is 1.47 bits per heavy atom. The first-order valence-electron chi connectivity index (χ1n) is 6.81. The molecule has 4 nitrogen and oxygen atoms in total. The largest absolute Gasteiger partial charge is 0.390 e. The van der Waals surface area contributed by atoms with Crippen LogP contribution in [0.15, 0.2) is 24.3 Å². The van der Waals surface area contributed by atoms with Gasteiger partial charge in [-0.15, -0.1) is 0 Å². The van der Waals surface area contributed by atoms with Crippen LogP contribution in [0.4, 0.5) is 0 Å². The van der Waals surface area contributed by atoms with Crippen LogP contribution in [0.3, 0.4) is 0 Å². The van der Waals surface area contributed by atoms with Gasteiger partial charge in [0, 0.05) is 6.42 Å². The van der Waals surface area contributed by atoms with Crippen molar-refractivity contribution < 1.29 is 9.90 Å². The molecule has 0 saturated heterocycles. The van der Waals surface area contributed by atoms with E-state index >= 15 is 0 Å². The van der Waals surface area contributed by atoms with Gasteiger partial charge in [-0.3, -0.25) is 4.79 Å². The highest BCUT2D eigenvalue weighted by Gasteiger charge is 2.32. The summed E-state index contributed by atoms with van der Waals surface area (Å²) in [6.45, 7) is 4.07. The summed E-state index contributed by atoms with van der Waals surface area (Å²) < 4.78 is 0. The molecule has 0 aromatic heterocycles. The Hall–Kier alpha value is -1.39. The van der Waals surface area contributed by atoms with Crippen LogP contribution in [-0.4, -0.2) is 23.2 Å². The maximum atomic E-state index is 12.0. The van der Waals surface area contributed by atoms with Crippen molar-refractivity contribution in [1.29, 1.82) is 0 Å². The number of carbonyl (C=O) groups is 1. The molecule has 1 aliphatic carbocycles. The smallest absolute Gasteiger partial charge is 0.237 e. The zero-order chi connectivity index (χ0) is 14.0. The number of carbonyl (C=O) groups excluding carboxylic acids is 1. The SMILES string of the molecule is CC(C)C[C@H](N)C(=O)N[C@H]1c2ccccc2C[C@H]1O. The molecule has 0 fully saturated rings. The molecule has 0 saturated carbocycles. The molecule has 0 bridgehead atoms. The monoisotopic (exact) mass is 262 g/mol. The van der Waals surface area contributed by atoms with Crippen LogP contribution in [0.1, 0.15) is 37.4 Å². The number of fused-ring (bicyclic) bond motifs is 1.